The summed E-state index contributed by atoms with van der Waals surface area (Å²) in [6, 6.07) is 6.86. The minimum Gasteiger partial charge on any atom is -0.490 e. The van der Waals surface area contributed by atoms with Crippen LogP contribution in [-0.2, 0) is 14.4 Å². The summed E-state index contributed by atoms with van der Waals surface area (Å²) in [6.45, 7) is 5.30. The second kappa shape index (κ2) is 13.5. The van der Waals surface area contributed by atoms with Crippen LogP contribution in [-0.4, -0.2) is 73.7 Å². The molecule has 2 heterocycles. The number of rotatable bonds is 14. The van der Waals surface area contributed by atoms with E-state index in [0.29, 0.717) is 12.3 Å². The van der Waals surface area contributed by atoms with Crippen molar-refractivity contribution in [1.82, 2.24) is 20.9 Å². The van der Waals surface area contributed by atoms with Crippen molar-refractivity contribution in [3.63, 3.8) is 0 Å². The fraction of sp³-hybridized carbons (Fsp3) is 0.400. The summed E-state index contributed by atoms with van der Waals surface area (Å²) in [5, 5.41) is 14.5. The van der Waals surface area contributed by atoms with E-state index in [-0.39, 0.29) is 35.7 Å². The predicted octanol–water partition coefficient (Wildman–Crippen LogP) is 0.898. The van der Waals surface area contributed by atoms with Gasteiger partial charge >= 0.3 is 0 Å². The Hall–Kier alpha value is -3.97. The second-order valence-electron chi connectivity index (χ2n) is 8.92. The molecule has 2 aromatic rings. The number of benzene rings is 1. The number of carbonyl (C=O) groups excluding carboxylic acids is 2. The number of β-lactam (4-membered cyclic amide) rings is 1. The third-order valence-electron chi connectivity index (χ3n) is 5.52. The number of aromatic nitrogens is 1. The second-order valence-corrected chi connectivity index (χ2v) is 9.81. The topological polar surface area (TPSA) is 178 Å². The van der Waals surface area contributed by atoms with E-state index >= 15 is 0 Å². The zero-order valence-corrected chi connectivity index (χ0v) is 22.5. The van der Waals surface area contributed by atoms with Gasteiger partial charge in [-0.25, -0.2) is 4.98 Å². The van der Waals surface area contributed by atoms with Gasteiger partial charge in [-0.2, -0.15) is 0 Å². The number of ether oxygens (including phenoxy) is 1. The Labute approximate surface area is 225 Å². The Morgan fingerprint density at radius 1 is 1.29 bits per heavy atom. The summed E-state index contributed by atoms with van der Waals surface area (Å²) in [7, 11) is 1.72. The lowest BCUT2D eigenvalue weighted by Crippen LogP contribution is -2.75. The van der Waals surface area contributed by atoms with Gasteiger partial charge in [0, 0.05) is 37.0 Å². The summed E-state index contributed by atoms with van der Waals surface area (Å²) in [4.78, 5) is 38.3. The number of nitrogen functional groups attached to an aromatic ring is 1. The maximum atomic E-state index is 12.9. The van der Waals surface area contributed by atoms with Gasteiger partial charge in [0.1, 0.15) is 24.1 Å². The van der Waals surface area contributed by atoms with Crippen molar-refractivity contribution in [3.8, 4) is 5.75 Å². The summed E-state index contributed by atoms with van der Waals surface area (Å²) in [5.41, 5.74) is 12.8. The first-order valence-electron chi connectivity index (χ1n) is 12.1. The molecule has 2 amide bonds. The highest BCUT2D eigenvalue weighted by Crippen LogP contribution is 2.20. The van der Waals surface area contributed by atoms with E-state index in [2.05, 4.69) is 31.1 Å². The van der Waals surface area contributed by atoms with Gasteiger partial charge in [0.2, 0.25) is 5.91 Å². The fourth-order valence-corrected chi connectivity index (χ4v) is 4.08. The molecule has 0 aliphatic carbocycles. The van der Waals surface area contributed by atoms with E-state index < -0.39 is 17.5 Å². The fourth-order valence-electron chi connectivity index (χ4n) is 3.53. The van der Waals surface area contributed by atoms with Crippen LogP contribution in [0.25, 0.3) is 5.57 Å². The van der Waals surface area contributed by atoms with Crippen molar-refractivity contribution in [2.75, 3.05) is 39.1 Å². The van der Waals surface area contributed by atoms with Gasteiger partial charge in [-0.15, -0.1) is 11.3 Å². The summed E-state index contributed by atoms with van der Waals surface area (Å²) in [5.74, 6) is -0.210. The minimum absolute atomic E-state index is 0.0743. The smallest absolute Gasteiger partial charge is 0.276 e. The first kappa shape index (κ1) is 28.6. The molecule has 1 saturated heterocycles. The molecule has 3 rings (SSSR count). The van der Waals surface area contributed by atoms with Crippen LogP contribution in [0, 0.1) is 0 Å². The Morgan fingerprint density at radius 2 is 2.05 bits per heavy atom. The van der Waals surface area contributed by atoms with Crippen molar-refractivity contribution in [2.24, 2.45) is 15.9 Å². The highest BCUT2D eigenvalue weighted by molar-refractivity contribution is 7.13. The summed E-state index contributed by atoms with van der Waals surface area (Å²) < 4.78 is 5.73. The number of thiazole rings is 1. The molecule has 1 atom stereocenters. The number of nitrogens with zero attached hydrogens (tertiary/aromatic N) is 3. The number of oxime groups is 1. The predicted molar refractivity (Wildman–Crippen MR) is 149 cm³/mol. The molecule has 204 valence electrons. The lowest BCUT2D eigenvalue weighted by molar-refractivity contribution is -0.138. The van der Waals surface area contributed by atoms with Gasteiger partial charge in [0.25, 0.3) is 5.91 Å². The molecule has 1 aliphatic heterocycles. The van der Waals surface area contributed by atoms with E-state index in [4.69, 9.17) is 21.0 Å². The number of amides is 2. The third-order valence-corrected chi connectivity index (χ3v) is 6.20. The number of hydrogen-bond donors (Lipinski definition) is 5. The van der Waals surface area contributed by atoms with Crippen molar-refractivity contribution < 1.29 is 19.2 Å². The number of anilines is 1. The van der Waals surface area contributed by atoms with Crippen molar-refractivity contribution in [2.45, 2.75) is 31.8 Å². The van der Waals surface area contributed by atoms with Crippen molar-refractivity contribution in [3.05, 3.63) is 47.1 Å². The Kier molecular flexibility index (Phi) is 10.2. The standard InChI is InChI=1S/C25H34N8O4S/c1-25(2)21(23(35)32-25)31-22(34)20(19-15-38-24(27)30-19)33-37-12-11-36-18-7-5-16(6-8-18)17(13-28-3)14-29-10-4-9-26/h5-8,13-15,21,29H,4,9-12,26H2,1-3H3,(H2,27,30)(H,31,34)(H,32,35)/b17-14+,28-13?,33-20-. The first-order valence-corrected chi connectivity index (χ1v) is 13.0. The highest BCUT2D eigenvalue weighted by atomic mass is 32.1. The summed E-state index contributed by atoms with van der Waals surface area (Å²) in [6.07, 6.45) is 4.57. The molecule has 7 N–H and O–H groups in total. The van der Waals surface area contributed by atoms with Gasteiger partial charge in [-0.05, 0) is 44.5 Å². The number of hydrogen-bond acceptors (Lipinski definition) is 11. The van der Waals surface area contributed by atoms with E-state index in [1.807, 2.05) is 44.3 Å². The normalized spacial score (nSPS) is 17.1. The van der Waals surface area contributed by atoms with Gasteiger partial charge < -0.3 is 37.0 Å². The Bertz CT molecular complexity index is 1190. The van der Waals surface area contributed by atoms with Crippen LogP contribution in [0.4, 0.5) is 5.13 Å². The van der Waals surface area contributed by atoms with Crippen molar-refractivity contribution >= 4 is 45.8 Å². The van der Waals surface area contributed by atoms with Gasteiger partial charge in [0.05, 0.1) is 5.54 Å². The summed E-state index contributed by atoms with van der Waals surface area (Å²) >= 11 is 1.17. The molecule has 1 aromatic heterocycles. The molecule has 0 saturated carbocycles. The molecule has 1 fully saturated rings. The van der Waals surface area contributed by atoms with Gasteiger partial charge in [0.15, 0.2) is 17.5 Å². The van der Waals surface area contributed by atoms with Crippen molar-refractivity contribution in [1.29, 1.82) is 0 Å². The largest absolute Gasteiger partial charge is 0.490 e. The van der Waals surface area contributed by atoms with Crippen LogP contribution < -0.4 is 32.2 Å². The first-order chi connectivity index (χ1) is 18.2. The zero-order chi connectivity index (χ0) is 27.5. The molecule has 13 heteroatoms. The Balaban J connectivity index is 1.56. The molecule has 0 radical (unpaired) electrons. The lowest BCUT2D eigenvalue weighted by Gasteiger charge is -2.44. The number of allylic oxidation sites excluding steroid dienone is 1. The number of nitrogens with two attached hydrogens (primary N) is 2. The molecule has 38 heavy (non-hydrogen) atoms. The quantitative estimate of drug-likeness (QED) is 0.101. The SMILES string of the molecule is CN=C/C(=C\NCCCN)c1ccc(OCCO/N=C(\C(=O)NC2C(=O)NC2(C)C)c2csc(N)n2)cc1. The van der Waals surface area contributed by atoms with Crippen LogP contribution in [0.2, 0.25) is 0 Å². The van der Waals surface area contributed by atoms with E-state index in [9.17, 15) is 9.59 Å². The van der Waals surface area contributed by atoms with E-state index in [1.54, 1.807) is 18.6 Å². The molecule has 0 spiro atoms. The maximum Gasteiger partial charge on any atom is 0.276 e. The average molecular weight is 543 g/mol. The molecular formula is C25H34N8O4S. The highest BCUT2D eigenvalue weighted by Gasteiger charge is 2.47. The molecular weight excluding hydrogens is 508 g/mol. The third kappa shape index (κ3) is 7.76. The maximum absolute atomic E-state index is 12.9. The van der Waals surface area contributed by atoms with E-state index in [0.717, 1.165) is 24.1 Å². The average Bonchev–Trinajstić information content (AvgIpc) is 3.32. The lowest BCUT2D eigenvalue weighted by atomic mass is 9.85. The van der Waals surface area contributed by atoms with Gasteiger partial charge in [-0.3, -0.25) is 14.6 Å². The Morgan fingerprint density at radius 3 is 2.66 bits per heavy atom. The number of aliphatic imine (C=N–C) groups is 1. The minimum atomic E-state index is -0.692. The molecule has 1 aliphatic rings. The van der Waals surface area contributed by atoms with E-state index in [1.165, 1.54) is 11.3 Å². The molecule has 1 unspecified atom stereocenters. The zero-order valence-electron chi connectivity index (χ0n) is 21.7. The van der Waals surface area contributed by atoms with Gasteiger partial charge in [-0.1, -0.05) is 17.3 Å². The van der Waals surface area contributed by atoms with Crippen LogP contribution in [0.3, 0.4) is 0 Å². The van der Waals surface area contributed by atoms with Crippen LogP contribution in [0.1, 0.15) is 31.5 Å². The number of nitrogens with one attached hydrogen (secondary N) is 3. The molecule has 0 bridgehead atoms. The monoisotopic (exact) mass is 542 g/mol. The van der Waals surface area contributed by atoms with Crippen LogP contribution >= 0.6 is 11.3 Å². The number of carbonyl (C=O) groups is 2. The van der Waals surface area contributed by atoms with Crippen LogP contribution in [0.15, 0.2) is 46.0 Å². The van der Waals surface area contributed by atoms with Crippen LogP contribution in [0.5, 0.6) is 5.75 Å². The molecule has 12 nitrogen and oxygen atoms in total. The molecule has 1 aromatic carbocycles.